The molecular formula is C19H17N5O7. The van der Waals surface area contributed by atoms with Gasteiger partial charge in [-0.2, -0.15) is 0 Å². The van der Waals surface area contributed by atoms with E-state index in [9.17, 15) is 29.3 Å². The number of aryl methyl sites for hydroxylation is 1. The molecule has 12 heteroatoms. The van der Waals surface area contributed by atoms with E-state index in [1.54, 1.807) is 11.8 Å². The van der Waals surface area contributed by atoms with Crippen LogP contribution < -0.4 is 0 Å². The van der Waals surface area contributed by atoms with E-state index in [0.29, 0.717) is 5.76 Å². The molecular weight excluding hydrogens is 410 g/mol. The van der Waals surface area contributed by atoms with Gasteiger partial charge in [0.2, 0.25) is 5.91 Å². The normalized spacial score (nSPS) is 16.0. The number of nitro benzene ring substituents is 1. The first-order valence-electron chi connectivity index (χ1n) is 9.41. The Morgan fingerprint density at radius 2 is 1.71 bits per heavy atom. The standard InChI is InChI=1S/C19H17N5O7/c1-11-8-15(20-31-11)19(28)22-6-4-21(5-7-22)16(25)10-23-17(26)13-3-2-12(24(29)30)9-14(13)18(23)27/h2-3,8-9H,4-7,10H2,1H3. The maximum Gasteiger partial charge on any atom is 0.276 e. The highest BCUT2D eigenvalue weighted by Gasteiger charge is 2.39. The Morgan fingerprint density at radius 1 is 1.06 bits per heavy atom. The fourth-order valence-corrected chi connectivity index (χ4v) is 3.56. The third-order valence-corrected chi connectivity index (χ3v) is 5.23. The van der Waals surface area contributed by atoms with Gasteiger partial charge in [-0.15, -0.1) is 0 Å². The molecule has 3 heterocycles. The molecule has 0 N–H and O–H groups in total. The van der Waals surface area contributed by atoms with E-state index in [1.165, 1.54) is 17.0 Å². The van der Waals surface area contributed by atoms with Crippen LogP contribution in [-0.4, -0.2) is 81.1 Å². The number of hydrogen-bond acceptors (Lipinski definition) is 8. The Balaban J connectivity index is 1.38. The fourth-order valence-electron chi connectivity index (χ4n) is 3.56. The number of hydrogen-bond donors (Lipinski definition) is 0. The Bertz CT molecular complexity index is 1120. The number of amides is 4. The maximum absolute atomic E-state index is 12.7. The van der Waals surface area contributed by atoms with Crippen molar-refractivity contribution >= 4 is 29.3 Å². The Kier molecular flexibility index (Phi) is 4.97. The summed E-state index contributed by atoms with van der Waals surface area (Å²) in [4.78, 5) is 64.2. The van der Waals surface area contributed by atoms with Crippen LogP contribution in [0.25, 0.3) is 0 Å². The first kappa shape index (κ1) is 20.2. The number of carbonyl (C=O) groups excluding carboxylic acids is 4. The van der Waals surface area contributed by atoms with Crippen molar-refractivity contribution in [1.29, 1.82) is 0 Å². The van der Waals surface area contributed by atoms with Crippen molar-refractivity contribution in [3.8, 4) is 0 Å². The first-order valence-corrected chi connectivity index (χ1v) is 9.41. The fraction of sp³-hybridized carbons (Fsp3) is 0.316. The van der Waals surface area contributed by atoms with Crippen LogP contribution in [0, 0.1) is 17.0 Å². The van der Waals surface area contributed by atoms with Crippen LogP contribution in [0.15, 0.2) is 28.8 Å². The lowest BCUT2D eigenvalue weighted by molar-refractivity contribution is -0.384. The topological polar surface area (TPSA) is 147 Å². The molecule has 4 amide bonds. The highest BCUT2D eigenvalue weighted by atomic mass is 16.6. The van der Waals surface area contributed by atoms with Gasteiger partial charge < -0.3 is 14.3 Å². The molecule has 0 atom stereocenters. The maximum atomic E-state index is 12.7. The van der Waals surface area contributed by atoms with Gasteiger partial charge in [0.15, 0.2) is 5.69 Å². The van der Waals surface area contributed by atoms with Gasteiger partial charge in [0, 0.05) is 44.4 Å². The number of benzene rings is 1. The number of fused-ring (bicyclic) bond motifs is 1. The lowest BCUT2D eigenvalue weighted by atomic mass is 10.1. The van der Waals surface area contributed by atoms with Crippen molar-refractivity contribution in [2.45, 2.75) is 6.92 Å². The highest BCUT2D eigenvalue weighted by molar-refractivity contribution is 6.22. The lowest BCUT2D eigenvalue weighted by Gasteiger charge is -2.34. The molecule has 31 heavy (non-hydrogen) atoms. The Hall–Kier alpha value is -4.09. The van der Waals surface area contributed by atoms with Crippen molar-refractivity contribution in [3.63, 3.8) is 0 Å². The third-order valence-electron chi connectivity index (χ3n) is 5.23. The van der Waals surface area contributed by atoms with E-state index in [-0.39, 0.29) is 54.6 Å². The van der Waals surface area contributed by atoms with Crippen LogP contribution in [0.5, 0.6) is 0 Å². The molecule has 0 unspecified atom stereocenters. The van der Waals surface area contributed by atoms with Gasteiger partial charge in [0.25, 0.3) is 23.4 Å². The second-order valence-corrected chi connectivity index (χ2v) is 7.18. The van der Waals surface area contributed by atoms with Gasteiger partial charge in [-0.1, -0.05) is 5.16 Å². The Labute approximate surface area is 175 Å². The number of nitro groups is 1. The molecule has 2 aromatic rings. The molecule has 1 aromatic heterocycles. The quantitative estimate of drug-likeness (QED) is 0.389. The SMILES string of the molecule is Cc1cc(C(=O)N2CCN(C(=O)CN3C(=O)c4ccc([N+](=O)[O-])cc4C3=O)CC2)no1. The van der Waals surface area contributed by atoms with Crippen LogP contribution in [0.2, 0.25) is 0 Å². The summed E-state index contributed by atoms with van der Waals surface area (Å²) in [6.07, 6.45) is 0. The molecule has 0 bridgehead atoms. The molecule has 0 saturated carbocycles. The first-order chi connectivity index (χ1) is 14.8. The van der Waals surface area contributed by atoms with Gasteiger partial charge in [-0.25, -0.2) is 0 Å². The molecule has 12 nitrogen and oxygen atoms in total. The van der Waals surface area contributed by atoms with E-state index in [1.807, 2.05) is 0 Å². The summed E-state index contributed by atoms with van der Waals surface area (Å²) in [6.45, 7) is 2.20. The minimum absolute atomic E-state index is 0.0294. The predicted molar refractivity (Wildman–Crippen MR) is 102 cm³/mol. The summed E-state index contributed by atoms with van der Waals surface area (Å²) in [7, 11) is 0. The average molecular weight is 427 g/mol. The monoisotopic (exact) mass is 427 g/mol. The highest BCUT2D eigenvalue weighted by Crippen LogP contribution is 2.26. The van der Waals surface area contributed by atoms with Crippen molar-refractivity contribution in [3.05, 3.63) is 57.0 Å². The summed E-state index contributed by atoms with van der Waals surface area (Å²) in [5, 5.41) is 14.6. The van der Waals surface area contributed by atoms with E-state index in [2.05, 4.69) is 5.16 Å². The van der Waals surface area contributed by atoms with E-state index in [0.717, 1.165) is 17.0 Å². The van der Waals surface area contributed by atoms with Crippen LogP contribution >= 0.6 is 0 Å². The Morgan fingerprint density at radius 3 is 2.32 bits per heavy atom. The van der Waals surface area contributed by atoms with Gasteiger partial charge in [0.05, 0.1) is 16.1 Å². The molecule has 1 saturated heterocycles. The zero-order valence-electron chi connectivity index (χ0n) is 16.4. The van der Waals surface area contributed by atoms with E-state index in [4.69, 9.17) is 4.52 Å². The molecule has 4 rings (SSSR count). The van der Waals surface area contributed by atoms with Crippen LogP contribution in [0.4, 0.5) is 5.69 Å². The molecule has 1 aromatic carbocycles. The number of piperazine rings is 1. The summed E-state index contributed by atoms with van der Waals surface area (Å²) in [5.41, 5.74) is -0.180. The third kappa shape index (κ3) is 3.63. The van der Waals surface area contributed by atoms with Gasteiger partial charge in [0.1, 0.15) is 12.3 Å². The molecule has 2 aliphatic heterocycles. The molecule has 160 valence electrons. The number of non-ortho nitro benzene ring substituents is 1. The van der Waals surface area contributed by atoms with E-state index >= 15 is 0 Å². The van der Waals surface area contributed by atoms with Gasteiger partial charge in [-0.3, -0.25) is 34.2 Å². The molecule has 0 radical (unpaired) electrons. The van der Waals surface area contributed by atoms with Gasteiger partial charge >= 0.3 is 0 Å². The van der Waals surface area contributed by atoms with E-state index < -0.39 is 29.2 Å². The largest absolute Gasteiger partial charge is 0.361 e. The molecule has 1 fully saturated rings. The summed E-state index contributed by atoms with van der Waals surface area (Å²) < 4.78 is 4.91. The van der Waals surface area contributed by atoms with Crippen LogP contribution in [0.1, 0.15) is 37.0 Å². The smallest absolute Gasteiger partial charge is 0.276 e. The minimum Gasteiger partial charge on any atom is -0.361 e. The average Bonchev–Trinajstić information content (AvgIpc) is 3.30. The van der Waals surface area contributed by atoms with Crippen molar-refractivity contribution < 1.29 is 28.6 Å². The zero-order valence-corrected chi connectivity index (χ0v) is 16.4. The molecule has 0 aliphatic carbocycles. The van der Waals surface area contributed by atoms with Crippen molar-refractivity contribution in [2.24, 2.45) is 0 Å². The van der Waals surface area contributed by atoms with Crippen molar-refractivity contribution in [2.75, 3.05) is 32.7 Å². The number of rotatable bonds is 4. The number of nitrogens with zero attached hydrogens (tertiary/aromatic N) is 5. The molecule has 0 spiro atoms. The number of aromatic nitrogens is 1. The van der Waals surface area contributed by atoms with Gasteiger partial charge in [-0.05, 0) is 13.0 Å². The number of imide groups is 1. The summed E-state index contributed by atoms with van der Waals surface area (Å²) in [6, 6.07) is 4.93. The second kappa shape index (κ2) is 7.63. The van der Waals surface area contributed by atoms with Crippen LogP contribution in [-0.2, 0) is 4.79 Å². The summed E-state index contributed by atoms with van der Waals surface area (Å²) >= 11 is 0. The number of carbonyl (C=O) groups is 4. The second-order valence-electron chi connectivity index (χ2n) is 7.18. The predicted octanol–water partition coefficient (Wildman–Crippen LogP) is 0.472. The van der Waals surface area contributed by atoms with Crippen molar-refractivity contribution in [1.82, 2.24) is 19.9 Å². The van der Waals surface area contributed by atoms with Crippen LogP contribution in [0.3, 0.4) is 0 Å². The summed E-state index contributed by atoms with van der Waals surface area (Å²) in [5.74, 6) is -1.64. The minimum atomic E-state index is -0.743. The lowest BCUT2D eigenvalue weighted by Crippen LogP contribution is -2.53. The zero-order chi connectivity index (χ0) is 22.3. The molecule has 2 aliphatic rings.